The van der Waals surface area contributed by atoms with Crippen LogP contribution in [0.3, 0.4) is 0 Å². The number of allylic oxidation sites excluding steroid dienone is 2. The molecule has 4 atom stereocenters. The first-order valence-corrected chi connectivity index (χ1v) is 13.2. The molecule has 38 heavy (non-hydrogen) atoms. The van der Waals surface area contributed by atoms with Gasteiger partial charge in [0.25, 0.3) is 5.91 Å². The van der Waals surface area contributed by atoms with Crippen molar-refractivity contribution in [3.05, 3.63) is 66.0 Å². The van der Waals surface area contributed by atoms with Gasteiger partial charge in [-0.3, -0.25) is 9.59 Å². The molecule has 1 saturated heterocycles. The topological polar surface area (TPSA) is 122 Å². The van der Waals surface area contributed by atoms with Crippen LogP contribution in [0.25, 0.3) is 0 Å². The SMILES string of the molecule is C=C1Cc2nc(co2)C(=O)N2CCCC2C(=O)OC(C(C)C)C(C)/C=C/C(=O)NC/C=C/C(C)=C/C(O)C1. The fourth-order valence-electron chi connectivity index (χ4n) is 4.77. The van der Waals surface area contributed by atoms with Crippen molar-refractivity contribution in [1.29, 1.82) is 0 Å². The summed E-state index contributed by atoms with van der Waals surface area (Å²) in [6.45, 7) is 12.4. The standard InChI is InChI=1S/C29H39N3O6/c1-18(2)27-21(5)10-11-25(34)30-12-6-8-19(3)14-22(33)15-20(4)16-26-31-23(17-37-26)28(35)32-13-7-9-24(32)29(36)38-27/h6,8,10-11,14,17-18,21-22,24,27,33H,4,7,9,12-13,15-16H2,1-3,5H3,(H,30,34)/b8-6+,11-10+,19-14+. The molecular weight excluding hydrogens is 486 g/mol. The Bertz CT molecular complexity index is 1120. The minimum absolute atomic E-state index is 0.000869. The van der Waals surface area contributed by atoms with Crippen LogP contribution in [0.4, 0.5) is 0 Å². The molecule has 206 valence electrons. The van der Waals surface area contributed by atoms with Crippen molar-refractivity contribution in [2.24, 2.45) is 11.8 Å². The molecule has 1 aromatic rings. The summed E-state index contributed by atoms with van der Waals surface area (Å²) in [4.78, 5) is 44.5. The Morgan fingerprint density at radius 1 is 1.24 bits per heavy atom. The second kappa shape index (κ2) is 13.4. The van der Waals surface area contributed by atoms with E-state index < -0.39 is 24.2 Å². The Hall–Kier alpha value is -3.46. The molecule has 2 bridgehead atoms. The molecule has 0 radical (unpaired) electrons. The lowest BCUT2D eigenvalue weighted by molar-refractivity contribution is -0.158. The van der Waals surface area contributed by atoms with Gasteiger partial charge in [-0.05, 0) is 38.2 Å². The number of hydrogen-bond donors (Lipinski definition) is 2. The predicted octanol–water partition coefficient (Wildman–Crippen LogP) is 3.52. The van der Waals surface area contributed by atoms with Crippen LogP contribution in [-0.4, -0.2) is 64.1 Å². The second-order valence-corrected chi connectivity index (χ2v) is 10.4. The van der Waals surface area contributed by atoms with Crippen LogP contribution in [-0.2, 0) is 20.7 Å². The van der Waals surface area contributed by atoms with Crippen LogP contribution in [0.15, 0.2) is 58.8 Å². The lowest BCUT2D eigenvalue weighted by atomic mass is 9.94. The Balaban J connectivity index is 1.85. The fraction of sp³-hybridized carbons (Fsp3) is 0.517. The number of oxazole rings is 1. The highest BCUT2D eigenvalue weighted by molar-refractivity contribution is 5.95. The number of cyclic esters (lactones) is 1. The molecule has 3 heterocycles. The summed E-state index contributed by atoms with van der Waals surface area (Å²) in [5, 5.41) is 13.2. The van der Waals surface area contributed by atoms with E-state index in [0.29, 0.717) is 43.8 Å². The van der Waals surface area contributed by atoms with E-state index in [1.807, 2.05) is 33.8 Å². The highest BCUT2D eigenvalue weighted by atomic mass is 16.5. The van der Waals surface area contributed by atoms with Gasteiger partial charge in [-0.1, -0.05) is 62.8 Å². The first-order chi connectivity index (χ1) is 18.0. The van der Waals surface area contributed by atoms with Crippen LogP contribution in [0.1, 0.15) is 63.3 Å². The van der Waals surface area contributed by atoms with E-state index in [0.717, 1.165) is 5.57 Å². The molecule has 0 aliphatic carbocycles. The van der Waals surface area contributed by atoms with Crippen molar-refractivity contribution >= 4 is 17.8 Å². The van der Waals surface area contributed by atoms with Crippen LogP contribution >= 0.6 is 0 Å². The van der Waals surface area contributed by atoms with Crippen molar-refractivity contribution in [3.8, 4) is 0 Å². The Kier molecular flexibility index (Phi) is 10.2. The molecule has 0 aromatic carbocycles. The quantitative estimate of drug-likeness (QED) is 0.425. The van der Waals surface area contributed by atoms with Crippen LogP contribution in [0, 0.1) is 11.8 Å². The summed E-state index contributed by atoms with van der Waals surface area (Å²) in [5.74, 6) is -1.01. The van der Waals surface area contributed by atoms with E-state index in [4.69, 9.17) is 9.15 Å². The number of esters is 1. The third kappa shape index (κ3) is 8.02. The number of amides is 2. The molecule has 3 rings (SSSR count). The number of carbonyl (C=O) groups excluding carboxylic acids is 3. The van der Waals surface area contributed by atoms with Gasteiger partial charge in [-0.2, -0.15) is 0 Å². The zero-order valence-electron chi connectivity index (χ0n) is 22.7. The van der Waals surface area contributed by atoms with Crippen molar-refractivity contribution < 1.29 is 28.6 Å². The van der Waals surface area contributed by atoms with Gasteiger partial charge in [-0.15, -0.1) is 0 Å². The lowest BCUT2D eigenvalue weighted by Crippen LogP contribution is -2.44. The maximum atomic E-state index is 13.2. The van der Waals surface area contributed by atoms with Gasteiger partial charge >= 0.3 is 5.97 Å². The molecule has 2 amide bonds. The number of aliphatic hydroxyl groups excluding tert-OH is 1. The number of aliphatic hydroxyl groups is 1. The van der Waals surface area contributed by atoms with Gasteiger partial charge < -0.3 is 24.5 Å². The molecule has 0 spiro atoms. The molecule has 1 aromatic heterocycles. The number of ether oxygens (including phenoxy) is 1. The zero-order valence-corrected chi connectivity index (χ0v) is 22.7. The van der Waals surface area contributed by atoms with E-state index in [1.165, 1.54) is 17.2 Å². The van der Waals surface area contributed by atoms with E-state index in [1.54, 1.807) is 18.2 Å². The minimum Gasteiger partial charge on any atom is -0.460 e. The number of hydrogen-bond acceptors (Lipinski definition) is 7. The Morgan fingerprint density at radius 3 is 2.74 bits per heavy atom. The van der Waals surface area contributed by atoms with Crippen molar-refractivity contribution in [1.82, 2.24) is 15.2 Å². The number of carbonyl (C=O) groups is 3. The summed E-state index contributed by atoms with van der Waals surface area (Å²) < 4.78 is 11.4. The summed E-state index contributed by atoms with van der Waals surface area (Å²) >= 11 is 0. The molecular formula is C29H39N3O6. The highest BCUT2D eigenvalue weighted by Gasteiger charge is 2.38. The zero-order chi connectivity index (χ0) is 27.8. The van der Waals surface area contributed by atoms with Crippen LogP contribution < -0.4 is 5.32 Å². The largest absolute Gasteiger partial charge is 0.460 e. The first-order valence-electron chi connectivity index (χ1n) is 13.2. The summed E-state index contributed by atoms with van der Waals surface area (Å²) in [5.41, 5.74) is 1.66. The lowest BCUT2D eigenvalue weighted by Gasteiger charge is -2.29. The molecule has 9 nitrogen and oxygen atoms in total. The molecule has 9 heteroatoms. The minimum atomic E-state index is -0.755. The van der Waals surface area contributed by atoms with Gasteiger partial charge in [0.15, 0.2) is 11.6 Å². The number of rotatable bonds is 1. The van der Waals surface area contributed by atoms with Crippen molar-refractivity contribution in [2.45, 2.75) is 71.6 Å². The van der Waals surface area contributed by atoms with Gasteiger partial charge in [-0.25, -0.2) is 9.78 Å². The van der Waals surface area contributed by atoms with Crippen molar-refractivity contribution in [3.63, 3.8) is 0 Å². The number of nitrogens with one attached hydrogen (secondary N) is 1. The van der Waals surface area contributed by atoms with Gasteiger partial charge in [0.2, 0.25) is 5.91 Å². The summed E-state index contributed by atoms with van der Waals surface area (Å²) in [6, 6.07) is -0.711. The first kappa shape index (κ1) is 29.1. The molecule has 2 aliphatic heterocycles. The molecule has 2 aliphatic rings. The van der Waals surface area contributed by atoms with E-state index in [2.05, 4.69) is 16.9 Å². The molecule has 4 unspecified atom stereocenters. The maximum Gasteiger partial charge on any atom is 0.329 e. The molecule has 2 N–H and O–H groups in total. The maximum absolute atomic E-state index is 13.2. The summed E-state index contributed by atoms with van der Waals surface area (Å²) in [6.07, 6.45) is 10.3. The third-order valence-corrected chi connectivity index (χ3v) is 6.66. The van der Waals surface area contributed by atoms with E-state index >= 15 is 0 Å². The number of nitrogens with zero attached hydrogens (tertiary/aromatic N) is 2. The average molecular weight is 526 g/mol. The van der Waals surface area contributed by atoms with Crippen LogP contribution in [0.2, 0.25) is 0 Å². The monoisotopic (exact) mass is 525 g/mol. The summed E-state index contributed by atoms with van der Waals surface area (Å²) in [7, 11) is 0. The fourth-order valence-corrected chi connectivity index (χ4v) is 4.77. The van der Waals surface area contributed by atoms with Gasteiger partial charge in [0.05, 0.1) is 6.10 Å². The van der Waals surface area contributed by atoms with Crippen molar-refractivity contribution in [2.75, 3.05) is 13.1 Å². The van der Waals surface area contributed by atoms with Gasteiger partial charge in [0.1, 0.15) is 18.4 Å². The highest BCUT2D eigenvalue weighted by Crippen LogP contribution is 2.25. The molecule has 0 saturated carbocycles. The van der Waals surface area contributed by atoms with Gasteiger partial charge in [0, 0.05) is 25.4 Å². The predicted molar refractivity (Wildman–Crippen MR) is 143 cm³/mol. The third-order valence-electron chi connectivity index (χ3n) is 6.66. The second-order valence-electron chi connectivity index (χ2n) is 10.4. The number of fused-ring (bicyclic) bond motifs is 3. The number of aromatic nitrogens is 1. The normalized spacial score (nSPS) is 29.7. The smallest absolute Gasteiger partial charge is 0.329 e. The van der Waals surface area contributed by atoms with E-state index in [9.17, 15) is 19.5 Å². The average Bonchev–Trinajstić information content (AvgIpc) is 3.52. The van der Waals surface area contributed by atoms with E-state index in [-0.39, 0.29) is 35.8 Å². The van der Waals surface area contributed by atoms with Crippen LogP contribution in [0.5, 0.6) is 0 Å². The Labute approximate surface area is 224 Å². The Morgan fingerprint density at radius 2 is 2.00 bits per heavy atom. The molecule has 1 fully saturated rings.